The summed E-state index contributed by atoms with van der Waals surface area (Å²) in [4.78, 5) is 0. The molecule has 1 saturated heterocycles. The van der Waals surface area contributed by atoms with Gasteiger partial charge in [-0.15, -0.1) is 0 Å². The fourth-order valence-electron chi connectivity index (χ4n) is 0.802. The molecular formula is C8H18N2O4S. The molecule has 0 aromatic heterocycles. The van der Waals surface area contributed by atoms with Crippen molar-refractivity contribution in [3.8, 4) is 6.07 Å². The van der Waals surface area contributed by atoms with Crippen molar-refractivity contribution >= 4 is 10.4 Å². The predicted molar refractivity (Wildman–Crippen MR) is 56.6 cm³/mol. The molecule has 0 atom stereocenters. The SMILES string of the molecule is C1CCNCC1.CC#N.COS(=O)(=O)O. The lowest BCUT2D eigenvalue weighted by molar-refractivity contribution is 0.324. The van der Waals surface area contributed by atoms with Crippen LogP contribution in [-0.4, -0.2) is 33.2 Å². The first-order valence-electron chi connectivity index (χ1n) is 4.52. The van der Waals surface area contributed by atoms with Gasteiger partial charge in [0.15, 0.2) is 0 Å². The van der Waals surface area contributed by atoms with Crippen LogP contribution in [0.15, 0.2) is 0 Å². The Hall–Kier alpha value is -0.680. The molecule has 1 heterocycles. The van der Waals surface area contributed by atoms with Crippen LogP contribution >= 0.6 is 0 Å². The van der Waals surface area contributed by atoms with E-state index in [0.29, 0.717) is 0 Å². The minimum absolute atomic E-state index is 0.870. The van der Waals surface area contributed by atoms with Crippen LogP contribution in [0, 0.1) is 11.3 Å². The zero-order chi connectivity index (χ0) is 12.2. The van der Waals surface area contributed by atoms with Crippen LogP contribution in [0.25, 0.3) is 0 Å². The summed E-state index contributed by atoms with van der Waals surface area (Å²) in [7, 11) is -3.29. The lowest BCUT2D eigenvalue weighted by Gasteiger charge is -2.08. The average molecular weight is 238 g/mol. The van der Waals surface area contributed by atoms with Gasteiger partial charge in [-0.2, -0.15) is 13.7 Å². The highest BCUT2D eigenvalue weighted by Crippen LogP contribution is 1.96. The minimum Gasteiger partial charge on any atom is -0.317 e. The summed E-state index contributed by atoms with van der Waals surface area (Å²) in [5.41, 5.74) is 0. The van der Waals surface area contributed by atoms with Gasteiger partial charge in [-0.1, -0.05) is 6.42 Å². The smallest absolute Gasteiger partial charge is 0.317 e. The van der Waals surface area contributed by atoms with Gasteiger partial charge in [0, 0.05) is 6.92 Å². The van der Waals surface area contributed by atoms with E-state index in [1.807, 2.05) is 0 Å². The van der Waals surface area contributed by atoms with Crippen LogP contribution in [0.3, 0.4) is 0 Å². The molecule has 15 heavy (non-hydrogen) atoms. The van der Waals surface area contributed by atoms with Gasteiger partial charge in [0.2, 0.25) is 0 Å². The summed E-state index contributed by atoms with van der Waals surface area (Å²) in [6.45, 7) is 3.93. The topological polar surface area (TPSA) is 99.4 Å². The first-order chi connectivity index (χ1) is 6.97. The molecule has 0 spiro atoms. The Morgan fingerprint density at radius 3 is 1.73 bits per heavy atom. The average Bonchev–Trinajstić information content (AvgIpc) is 2.21. The zero-order valence-corrected chi connectivity index (χ0v) is 9.88. The zero-order valence-electron chi connectivity index (χ0n) is 9.06. The van der Waals surface area contributed by atoms with E-state index in [4.69, 9.17) is 9.81 Å². The molecule has 0 aliphatic carbocycles. The third-order valence-corrected chi connectivity index (χ3v) is 1.84. The first-order valence-corrected chi connectivity index (χ1v) is 5.89. The maximum atomic E-state index is 9.33. The van der Waals surface area contributed by atoms with Gasteiger partial charge >= 0.3 is 10.4 Å². The second-order valence-corrected chi connectivity index (χ2v) is 3.82. The number of nitriles is 1. The molecule has 0 radical (unpaired) electrons. The van der Waals surface area contributed by atoms with Crippen molar-refractivity contribution in [2.45, 2.75) is 26.2 Å². The number of nitrogens with one attached hydrogen (secondary N) is 1. The lowest BCUT2D eigenvalue weighted by Crippen LogP contribution is -2.21. The van der Waals surface area contributed by atoms with E-state index in [9.17, 15) is 8.42 Å². The number of hydrogen-bond donors (Lipinski definition) is 2. The minimum atomic E-state index is -4.16. The molecule has 0 aromatic carbocycles. The number of hydrogen-bond acceptors (Lipinski definition) is 5. The molecule has 1 aliphatic heterocycles. The Balaban J connectivity index is 0. The molecule has 1 fully saturated rings. The van der Waals surface area contributed by atoms with E-state index in [-0.39, 0.29) is 0 Å². The lowest BCUT2D eigenvalue weighted by atomic mass is 10.2. The first kappa shape index (κ1) is 16.7. The van der Waals surface area contributed by atoms with Crippen LogP contribution in [0.5, 0.6) is 0 Å². The molecule has 0 amide bonds. The molecule has 90 valence electrons. The standard InChI is InChI=1S/C5H11N.C2H3N.CH4O4S/c1-2-4-6-5-3-1;1-2-3;1-5-6(2,3)4/h6H,1-5H2;1H3;1H3,(H,2,3,4). The molecule has 0 bridgehead atoms. The third-order valence-electron chi connectivity index (χ3n) is 1.42. The highest BCUT2D eigenvalue weighted by atomic mass is 32.3. The van der Waals surface area contributed by atoms with Gasteiger partial charge in [0.1, 0.15) is 0 Å². The number of nitrogens with zero attached hydrogens (tertiary/aromatic N) is 1. The Morgan fingerprint density at radius 2 is 1.67 bits per heavy atom. The van der Waals surface area contributed by atoms with Gasteiger partial charge in [-0.05, 0) is 25.9 Å². The largest absolute Gasteiger partial charge is 0.397 e. The van der Waals surface area contributed by atoms with E-state index in [0.717, 1.165) is 7.11 Å². The Morgan fingerprint density at radius 1 is 1.33 bits per heavy atom. The highest BCUT2D eigenvalue weighted by molar-refractivity contribution is 7.80. The third kappa shape index (κ3) is 24.7. The van der Waals surface area contributed by atoms with Gasteiger partial charge in [-0.25, -0.2) is 0 Å². The van der Waals surface area contributed by atoms with Crippen LogP contribution < -0.4 is 5.32 Å². The van der Waals surface area contributed by atoms with Crippen molar-refractivity contribution < 1.29 is 17.2 Å². The molecule has 0 aromatic rings. The summed E-state index contributed by atoms with van der Waals surface area (Å²) >= 11 is 0. The van der Waals surface area contributed by atoms with Gasteiger partial charge in [-0.3, -0.25) is 8.74 Å². The van der Waals surface area contributed by atoms with Crippen LogP contribution in [0.2, 0.25) is 0 Å². The predicted octanol–water partition coefficient (Wildman–Crippen LogP) is 0.725. The van der Waals surface area contributed by atoms with Crippen molar-refractivity contribution in [1.29, 1.82) is 5.26 Å². The van der Waals surface area contributed by atoms with Gasteiger partial charge < -0.3 is 5.32 Å². The van der Waals surface area contributed by atoms with E-state index in [1.165, 1.54) is 39.3 Å². The Bertz CT molecular complexity index is 243. The fraction of sp³-hybridized carbons (Fsp3) is 0.875. The number of piperidine rings is 1. The van der Waals surface area contributed by atoms with Crippen molar-refractivity contribution in [3.05, 3.63) is 0 Å². The van der Waals surface area contributed by atoms with Crippen LogP contribution in [0.1, 0.15) is 26.2 Å². The molecule has 6 nitrogen and oxygen atoms in total. The maximum absolute atomic E-state index is 9.33. The quantitative estimate of drug-likeness (QED) is 0.653. The summed E-state index contributed by atoms with van der Waals surface area (Å²) in [6.07, 6.45) is 4.22. The fourth-order valence-corrected chi connectivity index (χ4v) is 0.802. The second-order valence-electron chi connectivity index (χ2n) is 2.63. The van der Waals surface area contributed by atoms with Crippen molar-refractivity contribution in [3.63, 3.8) is 0 Å². The van der Waals surface area contributed by atoms with Crippen LogP contribution in [0.4, 0.5) is 0 Å². The highest BCUT2D eigenvalue weighted by Gasteiger charge is 1.94. The summed E-state index contributed by atoms with van der Waals surface area (Å²) in [6, 6.07) is 1.75. The van der Waals surface area contributed by atoms with E-state index < -0.39 is 10.4 Å². The second kappa shape index (κ2) is 11.4. The summed E-state index contributed by atoms with van der Waals surface area (Å²) < 4.78 is 29.7. The monoisotopic (exact) mass is 238 g/mol. The van der Waals surface area contributed by atoms with E-state index in [1.54, 1.807) is 6.07 Å². The van der Waals surface area contributed by atoms with E-state index in [2.05, 4.69) is 9.50 Å². The Labute approximate surface area is 91.2 Å². The molecule has 7 heteroatoms. The van der Waals surface area contributed by atoms with Gasteiger partial charge in [0.25, 0.3) is 0 Å². The van der Waals surface area contributed by atoms with Crippen molar-refractivity contribution in [2.75, 3.05) is 20.2 Å². The van der Waals surface area contributed by atoms with Gasteiger partial charge in [0.05, 0.1) is 13.2 Å². The molecule has 1 aliphatic rings. The molecular weight excluding hydrogens is 220 g/mol. The Kier molecular flexibility index (Phi) is 12.7. The summed E-state index contributed by atoms with van der Waals surface area (Å²) in [5, 5.41) is 10.6. The molecule has 0 unspecified atom stereocenters. The normalized spacial score (nSPS) is 14.8. The molecule has 1 rings (SSSR count). The maximum Gasteiger partial charge on any atom is 0.397 e. The molecule has 0 saturated carbocycles. The number of rotatable bonds is 1. The van der Waals surface area contributed by atoms with Crippen molar-refractivity contribution in [2.24, 2.45) is 0 Å². The summed E-state index contributed by atoms with van der Waals surface area (Å²) in [5.74, 6) is 0. The molecule has 2 N–H and O–H groups in total. The van der Waals surface area contributed by atoms with E-state index >= 15 is 0 Å². The van der Waals surface area contributed by atoms with Crippen molar-refractivity contribution in [1.82, 2.24) is 5.32 Å². The van der Waals surface area contributed by atoms with Crippen LogP contribution in [-0.2, 0) is 14.6 Å².